The molecule has 20 heavy (non-hydrogen) atoms. The lowest BCUT2D eigenvalue weighted by molar-refractivity contribution is 0.112. The number of nitriles is 1. The SMILES string of the molecule is N#Cc1cnc(Cl)c(Br)c1.O=Cc1cnc(Cl)c(Br)c1. The van der Waals surface area contributed by atoms with Gasteiger partial charge in [0, 0.05) is 18.0 Å². The van der Waals surface area contributed by atoms with Gasteiger partial charge in [-0.3, -0.25) is 4.79 Å². The first kappa shape index (κ1) is 17.1. The number of rotatable bonds is 1. The van der Waals surface area contributed by atoms with Crippen LogP contribution in [0.1, 0.15) is 15.9 Å². The average molecular weight is 438 g/mol. The van der Waals surface area contributed by atoms with E-state index in [-0.39, 0.29) is 0 Å². The molecule has 2 aromatic rings. The average Bonchev–Trinajstić information content (AvgIpc) is 2.45. The van der Waals surface area contributed by atoms with Crippen LogP contribution in [0.2, 0.25) is 10.3 Å². The fourth-order valence-corrected chi connectivity index (χ4v) is 1.91. The van der Waals surface area contributed by atoms with Crippen LogP contribution in [-0.4, -0.2) is 16.3 Å². The molecule has 2 heterocycles. The highest BCUT2D eigenvalue weighted by molar-refractivity contribution is 9.10. The van der Waals surface area contributed by atoms with Crippen LogP contribution < -0.4 is 0 Å². The van der Waals surface area contributed by atoms with Crippen molar-refractivity contribution in [1.29, 1.82) is 5.26 Å². The molecule has 0 N–H and O–H groups in total. The van der Waals surface area contributed by atoms with Gasteiger partial charge in [-0.05, 0) is 44.0 Å². The van der Waals surface area contributed by atoms with Crippen molar-refractivity contribution in [2.75, 3.05) is 0 Å². The second-order valence-electron chi connectivity index (χ2n) is 3.27. The van der Waals surface area contributed by atoms with Crippen LogP contribution in [0.25, 0.3) is 0 Å². The lowest BCUT2D eigenvalue weighted by atomic mass is 10.3. The van der Waals surface area contributed by atoms with E-state index in [4.69, 9.17) is 28.5 Å². The van der Waals surface area contributed by atoms with Crippen molar-refractivity contribution < 1.29 is 4.79 Å². The summed E-state index contributed by atoms with van der Waals surface area (Å²) in [6, 6.07) is 5.18. The number of nitrogens with zero attached hydrogens (tertiary/aromatic N) is 3. The van der Waals surface area contributed by atoms with Crippen molar-refractivity contribution in [3.8, 4) is 6.07 Å². The number of aldehydes is 1. The summed E-state index contributed by atoms with van der Waals surface area (Å²) >= 11 is 17.4. The van der Waals surface area contributed by atoms with Crippen LogP contribution in [-0.2, 0) is 0 Å². The third-order valence-corrected chi connectivity index (χ3v) is 4.15. The Labute approximate surface area is 142 Å². The lowest BCUT2D eigenvalue weighted by Crippen LogP contribution is -1.82. The Morgan fingerprint density at radius 1 is 1.10 bits per heavy atom. The summed E-state index contributed by atoms with van der Waals surface area (Å²) in [7, 11) is 0. The van der Waals surface area contributed by atoms with Crippen LogP contribution in [0.4, 0.5) is 0 Å². The summed E-state index contributed by atoms with van der Waals surface area (Å²) < 4.78 is 1.28. The Morgan fingerprint density at radius 3 is 2.10 bits per heavy atom. The molecule has 2 aromatic heterocycles. The standard InChI is InChI=1S/C6H2BrClN2.C6H3BrClNO/c7-5-1-4(2-9)3-10-6(5)8;7-5-1-4(3-10)2-9-6(5)8/h1,3H;1-3H. The highest BCUT2D eigenvalue weighted by atomic mass is 79.9. The molecule has 0 spiro atoms. The third kappa shape index (κ3) is 5.17. The van der Waals surface area contributed by atoms with Gasteiger partial charge >= 0.3 is 0 Å². The normalized spacial score (nSPS) is 9.15. The molecule has 0 saturated carbocycles. The maximum Gasteiger partial charge on any atom is 0.151 e. The topological polar surface area (TPSA) is 66.6 Å². The molecule has 8 heteroatoms. The molecule has 0 aliphatic carbocycles. The molecular formula is C12H5Br2Cl2N3O. The lowest BCUT2D eigenvalue weighted by Gasteiger charge is -1.93. The van der Waals surface area contributed by atoms with Crippen LogP contribution in [0.15, 0.2) is 33.5 Å². The number of hydrogen-bond donors (Lipinski definition) is 0. The summed E-state index contributed by atoms with van der Waals surface area (Å²) in [4.78, 5) is 17.6. The number of carbonyl (C=O) groups excluding carboxylic acids is 1. The predicted molar refractivity (Wildman–Crippen MR) is 84.0 cm³/mol. The van der Waals surface area contributed by atoms with Gasteiger partial charge in [-0.2, -0.15) is 5.26 Å². The molecule has 0 aliphatic heterocycles. The van der Waals surface area contributed by atoms with Crippen LogP contribution >= 0.6 is 55.1 Å². The maximum absolute atomic E-state index is 10.2. The molecule has 0 aromatic carbocycles. The van der Waals surface area contributed by atoms with Crippen molar-refractivity contribution >= 4 is 61.3 Å². The molecule has 0 bridgehead atoms. The summed E-state index contributed by atoms with van der Waals surface area (Å²) in [5.41, 5.74) is 1.01. The van der Waals surface area contributed by atoms with E-state index < -0.39 is 0 Å². The highest BCUT2D eigenvalue weighted by Gasteiger charge is 1.98. The zero-order chi connectivity index (χ0) is 15.1. The van der Waals surface area contributed by atoms with E-state index >= 15 is 0 Å². The Balaban J connectivity index is 0.000000200. The van der Waals surface area contributed by atoms with Crippen molar-refractivity contribution in [1.82, 2.24) is 9.97 Å². The number of halogens is 4. The van der Waals surface area contributed by atoms with E-state index in [2.05, 4.69) is 41.8 Å². The van der Waals surface area contributed by atoms with Gasteiger partial charge in [0.05, 0.1) is 14.5 Å². The van der Waals surface area contributed by atoms with E-state index in [1.807, 2.05) is 6.07 Å². The highest BCUT2D eigenvalue weighted by Crippen LogP contribution is 2.20. The number of pyridine rings is 2. The summed E-state index contributed by atoms with van der Waals surface area (Å²) in [6.07, 6.45) is 3.56. The van der Waals surface area contributed by atoms with E-state index in [1.54, 1.807) is 12.1 Å². The van der Waals surface area contributed by atoms with Gasteiger partial charge in [0.1, 0.15) is 16.4 Å². The third-order valence-electron chi connectivity index (χ3n) is 1.88. The molecule has 2 rings (SSSR count). The zero-order valence-electron chi connectivity index (χ0n) is 9.65. The number of carbonyl (C=O) groups is 1. The number of aromatic nitrogens is 2. The Bertz CT molecular complexity index is 674. The van der Waals surface area contributed by atoms with E-state index in [9.17, 15) is 4.79 Å². The van der Waals surface area contributed by atoms with Crippen LogP contribution in [0, 0.1) is 11.3 Å². The fourth-order valence-electron chi connectivity index (χ4n) is 0.983. The molecular weight excluding hydrogens is 433 g/mol. The largest absolute Gasteiger partial charge is 0.298 e. The first-order valence-corrected chi connectivity index (χ1v) is 7.29. The Hall–Kier alpha value is -1.00. The van der Waals surface area contributed by atoms with Gasteiger partial charge < -0.3 is 0 Å². The predicted octanol–water partition coefficient (Wildman–Crippen LogP) is 4.68. The fraction of sp³-hybridized carbons (Fsp3) is 0. The molecule has 0 radical (unpaired) electrons. The maximum atomic E-state index is 10.2. The summed E-state index contributed by atoms with van der Waals surface area (Å²) in [5, 5.41) is 9.14. The van der Waals surface area contributed by atoms with Crippen molar-refractivity contribution in [2.24, 2.45) is 0 Å². The first-order valence-electron chi connectivity index (χ1n) is 4.95. The number of hydrogen-bond acceptors (Lipinski definition) is 4. The van der Waals surface area contributed by atoms with Crippen molar-refractivity contribution in [3.63, 3.8) is 0 Å². The summed E-state index contributed by atoms with van der Waals surface area (Å²) in [5.74, 6) is 0. The van der Waals surface area contributed by atoms with E-state index in [1.165, 1.54) is 12.4 Å². The Morgan fingerprint density at radius 2 is 1.65 bits per heavy atom. The van der Waals surface area contributed by atoms with Gasteiger partial charge in [0.2, 0.25) is 0 Å². The zero-order valence-corrected chi connectivity index (χ0v) is 14.3. The molecule has 0 atom stereocenters. The minimum Gasteiger partial charge on any atom is -0.298 e. The van der Waals surface area contributed by atoms with Gasteiger partial charge in [-0.15, -0.1) is 0 Å². The van der Waals surface area contributed by atoms with Gasteiger partial charge in [0.25, 0.3) is 0 Å². The van der Waals surface area contributed by atoms with Crippen molar-refractivity contribution in [2.45, 2.75) is 0 Å². The van der Waals surface area contributed by atoms with Gasteiger partial charge in [0.15, 0.2) is 6.29 Å². The second-order valence-corrected chi connectivity index (χ2v) is 5.69. The van der Waals surface area contributed by atoms with E-state index in [0.717, 1.165) is 0 Å². The first-order chi connectivity index (χ1) is 9.47. The molecule has 0 amide bonds. The smallest absolute Gasteiger partial charge is 0.151 e. The molecule has 4 nitrogen and oxygen atoms in total. The summed E-state index contributed by atoms with van der Waals surface area (Å²) in [6.45, 7) is 0. The molecule has 0 aliphatic rings. The van der Waals surface area contributed by atoms with Gasteiger partial charge in [-0.1, -0.05) is 23.2 Å². The molecule has 0 saturated heterocycles. The minimum absolute atomic E-state index is 0.366. The second kappa shape index (κ2) is 8.32. The minimum atomic E-state index is 0.366. The molecule has 0 unspecified atom stereocenters. The van der Waals surface area contributed by atoms with E-state index in [0.29, 0.717) is 36.7 Å². The van der Waals surface area contributed by atoms with Crippen LogP contribution in [0.3, 0.4) is 0 Å². The Kier molecular flexibility index (Phi) is 7.10. The molecule has 102 valence electrons. The molecule has 0 fully saturated rings. The van der Waals surface area contributed by atoms with Crippen LogP contribution in [0.5, 0.6) is 0 Å². The van der Waals surface area contributed by atoms with Gasteiger partial charge in [-0.25, -0.2) is 9.97 Å². The van der Waals surface area contributed by atoms with Crippen molar-refractivity contribution in [3.05, 3.63) is 54.9 Å². The quantitative estimate of drug-likeness (QED) is 0.480. The monoisotopic (exact) mass is 435 g/mol.